The molecule has 0 aromatic carbocycles. The summed E-state index contributed by atoms with van der Waals surface area (Å²) in [7, 11) is 0. The molecule has 0 saturated carbocycles. The Morgan fingerprint density at radius 2 is 2.18 bits per heavy atom. The first-order valence-corrected chi connectivity index (χ1v) is 7.88. The molecular formula is C15H18ClN3O2S. The molecule has 118 valence electrons. The fourth-order valence-corrected chi connectivity index (χ4v) is 2.81. The first-order chi connectivity index (χ1) is 10.3. The summed E-state index contributed by atoms with van der Waals surface area (Å²) < 4.78 is 6.70. The van der Waals surface area contributed by atoms with Gasteiger partial charge in [-0.1, -0.05) is 6.07 Å². The van der Waals surface area contributed by atoms with E-state index in [4.69, 9.17) is 4.74 Å². The van der Waals surface area contributed by atoms with E-state index in [0.717, 1.165) is 36.5 Å². The van der Waals surface area contributed by atoms with Gasteiger partial charge in [0.2, 0.25) is 0 Å². The Kier molecular flexibility index (Phi) is 6.18. The zero-order valence-electron chi connectivity index (χ0n) is 12.0. The lowest BCUT2D eigenvalue weighted by molar-refractivity contribution is 0.0781. The van der Waals surface area contributed by atoms with Crippen LogP contribution in [-0.4, -0.2) is 35.1 Å². The molecule has 1 fully saturated rings. The van der Waals surface area contributed by atoms with Crippen molar-refractivity contribution in [2.24, 2.45) is 0 Å². The highest BCUT2D eigenvalue weighted by Gasteiger charge is 2.18. The number of thiophene rings is 1. The van der Waals surface area contributed by atoms with Crippen LogP contribution in [0.2, 0.25) is 0 Å². The number of ether oxygens (including phenoxy) is 1. The van der Waals surface area contributed by atoms with E-state index in [1.807, 2.05) is 29.7 Å². The van der Waals surface area contributed by atoms with Crippen LogP contribution in [-0.2, 0) is 4.74 Å². The molecule has 0 radical (unpaired) electrons. The first-order valence-electron chi connectivity index (χ1n) is 7.00. The monoisotopic (exact) mass is 339 g/mol. The Bertz CT molecular complexity index is 619. The van der Waals surface area contributed by atoms with Gasteiger partial charge in [-0.3, -0.25) is 0 Å². The van der Waals surface area contributed by atoms with Crippen LogP contribution in [0.25, 0.3) is 12.2 Å². The zero-order valence-corrected chi connectivity index (χ0v) is 13.6. The first kappa shape index (κ1) is 16.7. The number of hydrogen-bond donors (Lipinski definition) is 1. The van der Waals surface area contributed by atoms with Gasteiger partial charge in [-0.15, -0.1) is 23.7 Å². The number of halogens is 1. The van der Waals surface area contributed by atoms with Gasteiger partial charge in [-0.25, -0.2) is 4.79 Å². The predicted molar refractivity (Wildman–Crippen MR) is 90.5 cm³/mol. The highest BCUT2D eigenvalue weighted by molar-refractivity contribution is 7.10. The third-order valence-corrected chi connectivity index (χ3v) is 4.15. The van der Waals surface area contributed by atoms with Crippen LogP contribution in [0.15, 0.2) is 29.8 Å². The summed E-state index contributed by atoms with van der Waals surface area (Å²) in [5.74, 6) is 0. The molecule has 1 N–H and O–H groups in total. The standard InChI is InChI=1S/C15H17N3O2S.ClH/c19-15(20-13-5-8-16-9-6-13)18-10-7-12(17-18)3-4-14-2-1-11-21-14;/h1-4,7,10-11,13,16H,5-6,8-9H2;1H/b4-3+;. The lowest BCUT2D eigenvalue weighted by Gasteiger charge is -2.22. The van der Waals surface area contributed by atoms with Gasteiger partial charge in [0.15, 0.2) is 0 Å². The molecule has 1 saturated heterocycles. The summed E-state index contributed by atoms with van der Waals surface area (Å²) in [4.78, 5) is 13.1. The second kappa shape index (κ2) is 8.12. The molecule has 0 amide bonds. The van der Waals surface area contributed by atoms with Crippen LogP contribution in [0.3, 0.4) is 0 Å². The van der Waals surface area contributed by atoms with E-state index in [1.165, 1.54) is 4.68 Å². The van der Waals surface area contributed by atoms with E-state index in [0.29, 0.717) is 0 Å². The average molecular weight is 340 g/mol. The minimum Gasteiger partial charge on any atom is -0.444 e. The molecule has 0 spiro atoms. The average Bonchev–Trinajstić information content (AvgIpc) is 3.18. The topological polar surface area (TPSA) is 56.1 Å². The minimum absolute atomic E-state index is 0. The summed E-state index contributed by atoms with van der Waals surface area (Å²) in [6.07, 6.45) is 6.81. The van der Waals surface area contributed by atoms with Crippen LogP contribution in [0.5, 0.6) is 0 Å². The van der Waals surface area contributed by atoms with E-state index < -0.39 is 6.09 Å². The highest BCUT2D eigenvalue weighted by Crippen LogP contribution is 2.13. The van der Waals surface area contributed by atoms with E-state index in [9.17, 15) is 4.79 Å². The molecule has 3 heterocycles. The largest absolute Gasteiger partial charge is 0.444 e. The zero-order chi connectivity index (χ0) is 14.5. The summed E-state index contributed by atoms with van der Waals surface area (Å²) in [5, 5.41) is 9.48. The second-order valence-corrected chi connectivity index (χ2v) is 5.85. The number of piperidine rings is 1. The van der Waals surface area contributed by atoms with Gasteiger partial charge in [-0.05, 0) is 55.6 Å². The maximum absolute atomic E-state index is 12.0. The molecule has 0 aliphatic carbocycles. The van der Waals surface area contributed by atoms with Crippen molar-refractivity contribution in [2.75, 3.05) is 13.1 Å². The van der Waals surface area contributed by atoms with E-state index in [2.05, 4.69) is 10.4 Å². The molecule has 7 heteroatoms. The van der Waals surface area contributed by atoms with Gasteiger partial charge in [0.25, 0.3) is 0 Å². The Morgan fingerprint density at radius 3 is 2.91 bits per heavy atom. The number of hydrogen-bond acceptors (Lipinski definition) is 5. The molecule has 2 aromatic heterocycles. The van der Waals surface area contributed by atoms with E-state index >= 15 is 0 Å². The van der Waals surface area contributed by atoms with Gasteiger partial charge in [0.05, 0.1) is 5.69 Å². The third-order valence-electron chi connectivity index (χ3n) is 3.31. The molecule has 0 atom stereocenters. The quantitative estimate of drug-likeness (QED) is 0.932. The van der Waals surface area contributed by atoms with Gasteiger partial charge in [0, 0.05) is 11.1 Å². The lowest BCUT2D eigenvalue weighted by Crippen LogP contribution is -2.34. The lowest BCUT2D eigenvalue weighted by atomic mass is 10.1. The van der Waals surface area contributed by atoms with Crippen molar-refractivity contribution >= 4 is 42.0 Å². The number of nitrogens with zero attached hydrogens (tertiary/aromatic N) is 2. The maximum Gasteiger partial charge on any atom is 0.434 e. The van der Waals surface area contributed by atoms with Gasteiger partial charge in [-0.2, -0.15) is 9.78 Å². The fraction of sp³-hybridized carbons (Fsp3) is 0.333. The molecule has 5 nitrogen and oxygen atoms in total. The van der Waals surface area contributed by atoms with Crippen molar-refractivity contribution in [1.82, 2.24) is 15.1 Å². The molecule has 0 unspecified atom stereocenters. The molecule has 3 rings (SSSR count). The summed E-state index contributed by atoms with van der Waals surface area (Å²) in [6, 6.07) is 5.83. The van der Waals surface area contributed by atoms with Crippen molar-refractivity contribution in [3.63, 3.8) is 0 Å². The SMILES string of the molecule is Cl.O=C(OC1CCNCC1)n1ccc(/C=C/c2cccs2)n1. The third kappa shape index (κ3) is 4.43. The fourth-order valence-electron chi connectivity index (χ4n) is 2.19. The highest BCUT2D eigenvalue weighted by atomic mass is 35.5. The number of nitrogens with one attached hydrogen (secondary N) is 1. The number of aromatic nitrogens is 2. The van der Waals surface area contributed by atoms with Crippen LogP contribution in [0.1, 0.15) is 23.4 Å². The van der Waals surface area contributed by atoms with Crippen LogP contribution < -0.4 is 5.32 Å². The Balaban J connectivity index is 0.00000176. The summed E-state index contributed by atoms with van der Waals surface area (Å²) in [6.45, 7) is 1.79. The Labute approximate surface area is 139 Å². The van der Waals surface area contributed by atoms with Gasteiger partial charge >= 0.3 is 6.09 Å². The summed E-state index contributed by atoms with van der Waals surface area (Å²) >= 11 is 1.66. The van der Waals surface area contributed by atoms with E-state index in [-0.39, 0.29) is 18.5 Å². The van der Waals surface area contributed by atoms with Crippen molar-refractivity contribution in [1.29, 1.82) is 0 Å². The maximum atomic E-state index is 12.0. The van der Waals surface area contributed by atoms with Crippen LogP contribution in [0, 0.1) is 0 Å². The Hall–Kier alpha value is -1.63. The van der Waals surface area contributed by atoms with E-state index in [1.54, 1.807) is 23.6 Å². The van der Waals surface area contributed by atoms with Crippen molar-refractivity contribution < 1.29 is 9.53 Å². The summed E-state index contributed by atoms with van der Waals surface area (Å²) in [5.41, 5.74) is 0.741. The molecular weight excluding hydrogens is 322 g/mol. The molecule has 1 aliphatic heterocycles. The normalized spacial score (nSPS) is 15.6. The van der Waals surface area contributed by atoms with Crippen molar-refractivity contribution in [3.8, 4) is 0 Å². The number of rotatable bonds is 3. The van der Waals surface area contributed by atoms with Gasteiger partial charge < -0.3 is 10.1 Å². The predicted octanol–water partition coefficient (Wildman–Crippen LogP) is 3.27. The van der Waals surface area contributed by atoms with Crippen LogP contribution in [0.4, 0.5) is 4.79 Å². The number of carbonyl (C=O) groups is 1. The molecule has 22 heavy (non-hydrogen) atoms. The van der Waals surface area contributed by atoms with Crippen LogP contribution >= 0.6 is 23.7 Å². The van der Waals surface area contributed by atoms with Crippen molar-refractivity contribution in [2.45, 2.75) is 18.9 Å². The van der Waals surface area contributed by atoms with Gasteiger partial charge in [0.1, 0.15) is 6.10 Å². The smallest absolute Gasteiger partial charge is 0.434 e. The molecule has 2 aromatic rings. The molecule has 1 aliphatic rings. The minimum atomic E-state index is -0.405. The Morgan fingerprint density at radius 1 is 1.36 bits per heavy atom. The number of carbonyl (C=O) groups excluding carboxylic acids is 1. The molecule has 0 bridgehead atoms. The second-order valence-electron chi connectivity index (χ2n) is 4.87. The van der Waals surface area contributed by atoms with Crippen molar-refractivity contribution in [3.05, 3.63) is 40.3 Å².